The van der Waals surface area contributed by atoms with Gasteiger partial charge in [0, 0.05) is 19.6 Å². The van der Waals surface area contributed by atoms with E-state index in [0.717, 1.165) is 6.42 Å². The zero-order valence-electron chi connectivity index (χ0n) is 12.4. The van der Waals surface area contributed by atoms with Gasteiger partial charge in [-0.15, -0.1) is 0 Å². The first-order chi connectivity index (χ1) is 10.8. The maximum absolute atomic E-state index is 12.6. The average molecular weight is 304 g/mol. The Balaban J connectivity index is 1.64. The SMILES string of the molecule is O=C([C@@H]1CCCN1C(=O)Oc1ccccc1)N1CCOCC1. The molecule has 0 aliphatic carbocycles. The normalized spacial score (nSPS) is 21.7. The quantitative estimate of drug-likeness (QED) is 0.831. The topological polar surface area (TPSA) is 59.1 Å². The van der Waals surface area contributed by atoms with E-state index in [2.05, 4.69) is 0 Å². The van der Waals surface area contributed by atoms with Gasteiger partial charge in [0.1, 0.15) is 11.8 Å². The van der Waals surface area contributed by atoms with Crippen LogP contribution in [0.15, 0.2) is 30.3 Å². The number of carbonyl (C=O) groups is 2. The minimum Gasteiger partial charge on any atom is -0.410 e. The van der Waals surface area contributed by atoms with Crippen LogP contribution in [-0.4, -0.2) is 60.7 Å². The highest BCUT2D eigenvalue weighted by molar-refractivity contribution is 5.86. The second-order valence-corrected chi connectivity index (χ2v) is 5.47. The largest absolute Gasteiger partial charge is 0.415 e. The first kappa shape index (κ1) is 14.8. The molecule has 6 nitrogen and oxygen atoms in total. The summed E-state index contributed by atoms with van der Waals surface area (Å²) in [5, 5.41) is 0. The van der Waals surface area contributed by atoms with Crippen LogP contribution in [-0.2, 0) is 9.53 Å². The number of amides is 2. The molecule has 0 saturated carbocycles. The van der Waals surface area contributed by atoms with Crippen molar-refractivity contribution < 1.29 is 19.1 Å². The van der Waals surface area contributed by atoms with Gasteiger partial charge in [0.25, 0.3) is 0 Å². The first-order valence-electron chi connectivity index (χ1n) is 7.66. The van der Waals surface area contributed by atoms with Gasteiger partial charge in [0.05, 0.1) is 13.2 Å². The molecule has 1 atom stereocenters. The number of likely N-dealkylation sites (tertiary alicyclic amines) is 1. The molecule has 0 bridgehead atoms. The Morgan fingerprint density at radius 1 is 1.09 bits per heavy atom. The Morgan fingerprint density at radius 2 is 1.82 bits per heavy atom. The van der Waals surface area contributed by atoms with Crippen molar-refractivity contribution in [2.75, 3.05) is 32.8 Å². The third kappa shape index (κ3) is 3.22. The minimum atomic E-state index is -0.449. The first-order valence-corrected chi connectivity index (χ1v) is 7.66. The molecule has 0 unspecified atom stereocenters. The monoisotopic (exact) mass is 304 g/mol. The number of nitrogens with zero attached hydrogens (tertiary/aromatic N) is 2. The van der Waals surface area contributed by atoms with Crippen molar-refractivity contribution in [3.05, 3.63) is 30.3 Å². The van der Waals surface area contributed by atoms with Gasteiger partial charge in [-0.25, -0.2) is 4.79 Å². The molecule has 118 valence electrons. The van der Waals surface area contributed by atoms with Crippen molar-refractivity contribution in [1.82, 2.24) is 9.80 Å². The molecule has 0 aromatic heterocycles. The van der Waals surface area contributed by atoms with Gasteiger partial charge in [-0.05, 0) is 25.0 Å². The van der Waals surface area contributed by atoms with Gasteiger partial charge >= 0.3 is 6.09 Å². The summed E-state index contributed by atoms with van der Waals surface area (Å²) in [7, 11) is 0. The summed E-state index contributed by atoms with van der Waals surface area (Å²) in [6.45, 7) is 2.88. The molecule has 3 rings (SSSR count). The summed E-state index contributed by atoms with van der Waals surface area (Å²) in [5.74, 6) is 0.503. The molecule has 2 amide bonds. The van der Waals surface area contributed by atoms with Crippen molar-refractivity contribution in [2.24, 2.45) is 0 Å². The fourth-order valence-corrected chi connectivity index (χ4v) is 2.88. The van der Waals surface area contributed by atoms with Crippen LogP contribution in [0.25, 0.3) is 0 Å². The molecule has 0 spiro atoms. The Hall–Kier alpha value is -2.08. The van der Waals surface area contributed by atoms with E-state index in [0.29, 0.717) is 45.0 Å². The molecule has 2 aliphatic rings. The van der Waals surface area contributed by atoms with E-state index >= 15 is 0 Å². The number of hydrogen-bond acceptors (Lipinski definition) is 4. The lowest BCUT2D eigenvalue weighted by Crippen LogP contribution is -2.51. The van der Waals surface area contributed by atoms with Gasteiger partial charge in [-0.3, -0.25) is 9.69 Å². The standard InChI is InChI=1S/C16H20N2O4/c19-15(17-9-11-21-12-10-17)14-7-4-8-18(14)16(20)22-13-5-2-1-3-6-13/h1-3,5-6,14H,4,7-12H2/t14-/m0/s1. The lowest BCUT2D eigenvalue weighted by atomic mass is 10.2. The van der Waals surface area contributed by atoms with E-state index in [4.69, 9.17) is 9.47 Å². The molecule has 2 fully saturated rings. The highest BCUT2D eigenvalue weighted by atomic mass is 16.6. The number of morpholine rings is 1. The predicted octanol–water partition coefficient (Wildman–Crippen LogP) is 1.51. The molecular formula is C16H20N2O4. The fourth-order valence-electron chi connectivity index (χ4n) is 2.88. The second kappa shape index (κ2) is 6.79. The summed E-state index contributed by atoms with van der Waals surface area (Å²) < 4.78 is 10.6. The Labute approximate surface area is 129 Å². The van der Waals surface area contributed by atoms with E-state index in [1.165, 1.54) is 0 Å². The molecule has 1 aromatic carbocycles. The summed E-state index contributed by atoms with van der Waals surface area (Å²) in [4.78, 5) is 28.2. The Morgan fingerprint density at radius 3 is 2.55 bits per heavy atom. The third-order valence-corrected chi connectivity index (χ3v) is 4.04. The molecule has 1 aromatic rings. The van der Waals surface area contributed by atoms with Crippen LogP contribution in [0.5, 0.6) is 5.75 Å². The van der Waals surface area contributed by atoms with Gasteiger partial charge in [-0.2, -0.15) is 0 Å². The summed E-state index contributed by atoms with van der Waals surface area (Å²) in [5.41, 5.74) is 0. The van der Waals surface area contributed by atoms with Crippen LogP contribution in [0.4, 0.5) is 4.79 Å². The van der Waals surface area contributed by atoms with Gasteiger partial charge in [0.2, 0.25) is 5.91 Å². The van der Waals surface area contributed by atoms with Gasteiger partial charge in [0.15, 0.2) is 0 Å². The number of hydrogen-bond donors (Lipinski definition) is 0. The maximum atomic E-state index is 12.6. The van der Waals surface area contributed by atoms with Gasteiger partial charge < -0.3 is 14.4 Å². The maximum Gasteiger partial charge on any atom is 0.415 e. The van der Waals surface area contributed by atoms with Crippen LogP contribution in [0.1, 0.15) is 12.8 Å². The van der Waals surface area contributed by atoms with E-state index in [9.17, 15) is 9.59 Å². The summed E-state index contributed by atoms with van der Waals surface area (Å²) in [6.07, 6.45) is 1.07. The molecule has 2 aliphatic heterocycles. The molecule has 0 radical (unpaired) electrons. The molecule has 6 heteroatoms. The zero-order chi connectivity index (χ0) is 15.4. The number of rotatable bonds is 2. The second-order valence-electron chi connectivity index (χ2n) is 5.47. The van der Waals surface area contributed by atoms with Crippen LogP contribution in [0, 0.1) is 0 Å². The number of carbonyl (C=O) groups excluding carboxylic acids is 2. The van der Waals surface area contributed by atoms with Crippen molar-refractivity contribution in [3.8, 4) is 5.75 Å². The third-order valence-electron chi connectivity index (χ3n) is 4.04. The number of ether oxygens (including phenoxy) is 2. The smallest absolute Gasteiger partial charge is 0.410 e. The van der Waals surface area contributed by atoms with E-state index in [1.807, 2.05) is 18.2 Å². The van der Waals surface area contributed by atoms with Crippen LogP contribution < -0.4 is 4.74 Å². The highest BCUT2D eigenvalue weighted by Crippen LogP contribution is 2.22. The Bertz CT molecular complexity index is 528. The minimum absolute atomic E-state index is 0.00538. The number of para-hydroxylation sites is 1. The summed E-state index contributed by atoms with van der Waals surface area (Å²) >= 11 is 0. The van der Waals surface area contributed by atoms with Crippen LogP contribution in [0.2, 0.25) is 0 Å². The van der Waals surface area contributed by atoms with Crippen molar-refractivity contribution in [3.63, 3.8) is 0 Å². The van der Waals surface area contributed by atoms with Crippen LogP contribution >= 0.6 is 0 Å². The molecule has 2 saturated heterocycles. The van der Waals surface area contributed by atoms with E-state index < -0.39 is 12.1 Å². The van der Waals surface area contributed by atoms with Crippen molar-refractivity contribution in [2.45, 2.75) is 18.9 Å². The van der Waals surface area contributed by atoms with Gasteiger partial charge in [-0.1, -0.05) is 18.2 Å². The van der Waals surface area contributed by atoms with Crippen molar-refractivity contribution in [1.29, 1.82) is 0 Å². The molecule has 0 N–H and O–H groups in total. The summed E-state index contributed by atoms with van der Waals surface area (Å²) in [6, 6.07) is 8.53. The fraction of sp³-hybridized carbons (Fsp3) is 0.500. The molecule has 22 heavy (non-hydrogen) atoms. The lowest BCUT2D eigenvalue weighted by Gasteiger charge is -2.32. The van der Waals surface area contributed by atoms with E-state index in [-0.39, 0.29) is 5.91 Å². The Kier molecular flexibility index (Phi) is 4.58. The lowest BCUT2D eigenvalue weighted by molar-refractivity contribution is -0.139. The number of benzene rings is 1. The zero-order valence-corrected chi connectivity index (χ0v) is 12.4. The molecular weight excluding hydrogens is 284 g/mol. The average Bonchev–Trinajstić information content (AvgIpc) is 3.05. The van der Waals surface area contributed by atoms with E-state index in [1.54, 1.807) is 21.9 Å². The highest BCUT2D eigenvalue weighted by Gasteiger charge is 2.37. The van der Waals surface area contributed by atoms with Crippen LogP contribution in [0.3, 0.4) is 0 Å². The molecule has 2 heterocycles. The predicted molar refractivity (Wildman–Crippen MR) is 79.6 cm³/mol. The van der Waals surface area contributed by atoms with Crippen molar-refractivity contribution >= 4 is 12.0 Å².